The van der Waals surface area contributed by atoms with Gasteiger partial charge in [-0.25, -0.2) is 18.0 Å². The number of nitrogens with zero attached hydrogens (tertiary/aromatic N) is 2. The highest BCUT2D eigenvalue weighted by molar-refractivity contribution is 7.90. The van der Waals surface area contributed by atoms with Crippen LogP contribution in [0.5, 0.6) is 0 Å². The van der Waals surface area contributed by atoms with E-state index in [0.29, 0.717) is 5.76 Å². The van der Waals surface area contributed by atoms with Gasteiger partial charge in [0.2, 0.25) is 5.76 Å². The summed E-state index contributed by atoms with van der Waals surface area (Å²) in [6, 6.07) is 2.93. The zero-order valence-corrected chi connectivity index (χ0v) is 14.0. The molecule has 0 N–H and O–H groups in total. The summed E-state index contributed by atoms with van der Waals surface area (Å²) >= 11 is 0. The summed E-state index contributed by atoms with van der Waals surface area (Å²) in [7, 11) is -2.21. The Bertz CT molecular complexity index is 908. The molecule has 0 saturated carbocycles. The number of amidine groups is 1. The monoisotopic (exact) mass is 366 g/mol. The van der Waals surface area contributed by atoms with Crippen LogP contribution in [0.1, 0.15) is 16.3 Å². The molecule has 2 aliphatic heterocycles. The molecule has 3 heterocycles. The Morgan fingerprint density at radius 3 is 2.84 bits per heavy atom. The summed E-state index contributed by atoms with van der Waals surface area (Å²) in [5.74, 6) is -0.786. The van der Waals surface area contributed by atoms with Crippen LogP contribution in [0.15, 0.2) is 44.9 Å². The number of sulfonamides is 1. The summed E-state index contributed by atoms with van der Waals surface area (Å²) < 4.78 is 41.4. The summed E-state index contributed by atoms with van der Waals surface area (Å²) in [5.41, 5.74) is 0.248. The van der Waals surface area contributed by atoms with Crippen molar-refractivity contribution < 1.29 is 31.9 Å². The normalized spacial score (nSPS) is 18.0. The van der Waals surface area contributed by atoms with Gasteiger partial charge >= 0.3 is 11.9 Å². The molecule has 9 nitrogen and oxygen atoms in total. The Morgan fingerprint density at radius 2 is 2.08 bits per heavy atom. The average molecular weight is 366 g/mol. The highest BCUT2D eigenvalue weighted by Gasteiger charge is 2.25. The van der Waals surface area contributed by atoms with E-state index in [0.717, 1.165) is 0 Å². The highest BCUT2D eigenvalue weighted by atomic mass is 32.2. The highest BCUT2D eigenvalue weighted by Crippen LogP contribution is 2.17. The van der Waals surface area contributed by atoms with Gasteiger partial charge in [-0.15, -0.1) is 4.40 Å². The number of carbonyl (C=O) groups excluding carboxylic acids is 2. The van der Waals surface area contributed by atoms with Gasteiger partial charge in [-0.1, -0.05) is 0 Å². The lowest BCUT2D eigenvalue weighted by Crippen LogP contribution is -2.37. The first-order valence-electron chi connectivity index (χ1n) is 7.21. The van der Waals surface area contributed by atoms with E-state index in [2.05, 4.69) is 9.13 Å². The molecule has 0 aliphatic carbocycles. The minimum Gasteiger partial charge on any atom is -0.463 e. The van der Waals surface area contributed by atoms with Crippen LogP contribution in [0, 0.1) is 0 Å². The zero-order chi connectivity index (χ0) is 18.0. The minimum atomic E-state index is -3.44. The molecule has 0 aromatic carbocycles. The van der Waals surface area contributed by atoms with E-state index >= 15 is 0 Å². The lowest BCUT2D eigenvalue weighted by atomic mass is 10.2. The predicted octanol–water partition coefficient (Wildman–Crippen LogP) is 0.607. The van der Waals surface area contributed by atoms with Crippen LogP contribution in [0.25, 0.3) is 0 Å². The van der Waals surface area contributed by atoms with Gasteiger partial charge in [-0.3, -0.25) is 0 Å². The van der Waals surface area contributed by atoms with E-state index in [1.165, 1.54) is 37.6 Å². The molecule has 2 aliphatic rings. The summed E-state index contributed by atoms with van der Waals surface area (Å²) in [6.45, 7) is 0.0549. The van der Waals surface area contributed by atoms with Crippen molar-refractivity contribution in [3.8, 4) is 0 Å². The van der Waals surface area contributed by atoms with Gasteiger partial charge in [0.1, 0.15) is 18.2 Å². The molecule has 132 valence electrons. The molecule has 1 aromatic heterocycles. The number of hydrogen-bond acceptors (Lipinski definition) is 8. The third-order valence-corrected chi connectivity index (χ3v) is 4.62. The third-order valence-electron chi connectivity index (χ3n) is 3.45. The van der Waals surface area contributed by atoms with Crippen LogP contribution >= 0.6 is 0 Å². The summed E-state index contributed by atoms with van der Waals surface area (Å²) in [5, 5.41) is 0. The summed E-state index contributed by atoms with van der Waals surface area (Å²) in [6.07, 6.45) is 4.36. The van der Waals surface area contributed by atoms with Crippen LogP contribution in [-0.2, 0) is 30.9 Å². The molecule has 0 unspecified atom stereocenters. The largest absolute Gasteiger partial charge is 0.463 e. The maximum atomic E-state index is 12.1. The van der Waals surface area contributed by atoms with Gasteiger partial charge in [0.15, 0.2) is 0 Å². The topological polar surface area (TPSA) is 115 Å². The number of ether oxygens (including phenoxy) is 2. The molecule has 0 radical (unpaired) electrons. The van der Waals surface area contributed by atoms with Crippen molar-refractivity contribution in [2.75, 3.05) is 19.4 Å². The number of rotatable bonds is 4. The van der Waals surface area contributed by atoms with Crippen LogP contribution < -0.4 is 0 Å². The fraction of sp³-hybridized carbons (Fsp3) is 0.267. The Morgan fingerprint density at radius 1 is 1.28 bits per heavy atom. The van der Waals surface area contributed by atoms with Crippen molar-refractivity contribution >= 4 is 27.8 Å². The number of furan rings is 1. The van der Waals surface area contributed by atoms with E-state index < -0.39 is 22.0 Å². The first kappa shape index (κ1) is 17.0. The van der Waals surface area contributed by atoms with Crippen molar-refractivity contribution in [1.29, 1.82) is 0 Å². The molecule has 0 saturated heterocycles. The van der Waals surface area contributed by atoms with Gasteiger partial charge in [0.25, 0.3) is 10.0 Å². The van der Waals surface area contributed by atoms with Crippen LogP contribution in [0.4, 0.5) is 0 Å². The van der Waals surface area contributed by atoms with Gasteiger partial charge < -0.3 is 18.8 Å². The standard InChI is InChI=1S/C15H14N2O7S/c1-22-15(19)12-4-3-11(24-12)9-23-14(18)10-2-5-13-16-25(20,21)7-6-17(13)8-10/h2-5,8H,6-7,9H2,1H3. The predicted molar refractivity (Wildman–Crippen MR) is 85.0 cm³/mol. The van der Waals surface area contributed by atoms with Crippen molar-refractivity contribution in [2.45, 2.75) is 6.61 Å². The first-order valence-corrected chi connectivity index (χ1v) is 8.82. The van der Waals surface area contributed by atoms with Gasteiger partial charge in [0, 0.05) is 12.7 Å². The number of hydrogen-bond donors (Lipinski definition) is 0. The van der Waals surface area contributed by atoms with Crippen LogP contribution in [0.3, 0.4) is 0 Å². The SMILES string of the molecule is COC(=O)c1ccc(COC(=O)C2=CN3CCS(=O)(=O)N=C3C=C2)o1. The second kappa shape index (κ2) is 6.55. The van der Waals surface area contributed by atoms with Crippen molar-refractivity contribution in [1.82, 2.24) is 4.90 Å². The van der Waals surface area contributed by atoms with E-state index in [1.54, 1.807) is 4.90 Å². The molecule has 10 heteroatoms. The van der Waals surface area contributed by atoms with E-state index in [4.69, 9.17) is 9.15 Å². The lowest BCUT2D eigenvalue weighted by molar-refractivity contribution is -0.140. The van der Waals surface area contributed by atoms with Gasteiger partial charge in [-0.2, -0.15) is 0 Å². The van der Waals surface area contributed by atoms with Crippen LogP contribution in [0.2, 0.25) is 0 Å². The van der Waals surface area contributed by atoms with Gasteiger partial charge in [-0.05, 0) is 24.3 Å². The number of methoxy groups -OCH3 is 1. The molecule has 0 bridgehead atoms. The van der Waals surface area contributed by atoms with E-state index in [9.17, 15) is 18.0 Å². The van der Waals surface area contributed by atoms with E-state index in [-0.39, 0.29) is 36.1 Å². The van der Waals surface area contributed by atoms with E-state index in [1.807, 2.05) is 0 Å². The molecule has 0 spiro atoms. The second-order valence-corrected chi connectivity index (χ2v) is 6.94. The van der Waals surface area contributed by atoms with Crippen LogP contribution in [-0.4, -0.2) is 50.5 Å². The molecule has 1 aromatic rings. The van der Waals surface area contributed by atoms with Crippen molar-refractivity contribution in [3.05, 3.63) is 47.6 Å². The number of fused-ring (bicyclic) bond motifs is 1. The fourth-order valence-corrected chi connectivity index (χ4v) is 3.18. The molecule has 0 amide bonds. The third kappa shape index (κ3) is 3.79. The average Bonchev–Trinajstić information content (AvgIpc) is 3.06. The lowest BCUT2D eigenvalue weighted by Gasteiger charge is -2.26. The molecule has 25 heavy (non-hydrogen) atoms. The first-order chi connectivity index (χ1) is 11.9. The smallest absolute Gasteiger partial charge is 0.373 e. The van der Waals surface area contributed by atoms with Gasteiger partial charge in [0.05, 0.1) is 18.4 Å². The fourth-order valence-electron chi connectivity index (χ4n) is 2.21. The number of esters is 2. The Kier molecular flexibility index (Phi) is 4.45. The zero-order valence-electron chi connectivity index (χ0n) is 13.2. The Labute approximate surface area is 143 Å². The minimum absolute atomic E-state index is 0.0145. The second-order valence-electron chi connectivity index (χ2n) is 5.18. The summed E-state index contributed by atoms with van der Waals surface area (Å²) in [4.78, 5) is 25.0. The molecule has 0 atom stereocenters. The molecular formula is C15H14N2O7S. The maximum Gasteiger partial charge on any atom is 0.373 e. The maximum absolute atomic E-state index is 12.1. The molecule has 3 rings (SSSR count). The van der Waals surface area contributed by atoms with Crippen molar-refractivity contribution in [3.63, 3.8) is 0 Å². The Hall–Kier alpha value is -2.88. The Balaban J connectivity index is 1.63. The quantitative estimate of drug-likeness (QED) is 0.712. The number of carbonyl (C=O) groups is 2. The molecular weight excluding hydrogens is 352 g/mol. The molecule has 0 fully saturated rings. The van der Waals surface area contributed by atoms with Crippen molar-refractivity contribution in [2.24, 2.45) is 4.40 Å².